The quantitative estimate of drug-likeness (QED) is 0.618. The maximum absolute atomic E-state index is 12.1. The van der Waals surface area contributed by atoms with E-state index in [1.54, 1.807) is 0 Å². The summed E-state index contributed by atoms with van der Waals surface area (Å²) in [6.07, 6.45) is 1.49. The van der Waals surface area contributed by atoms with Crippen molar-refractivity contribution in [3.8, 4) is 0 Å². The Labute approximate surface area is 168 Å². The van der Waals surface area contributed by atoms with Gasteiger partial charge in [0.1, 0.15) is 5.82 Å². The van der Waals surface area contributed by atoms with Crippen molar-refractivity contribution in [2.24, 2.45) is 5.92 Å². The van der Waals surface area contributed by atoms with E-state index in [9.17, 15) is 4.79 Å². The smallest absolute Gasteiger partial charge is 0.309 e. The van der Waals surface area contributed by atoms with E-state index >= 15 is 0 Å². The second kappa shape index (κ2) is 7.54. The van der Waals surface area contributed by atoms with E-state index in [4.69, 9.17) is 21.3 Å². The third kappa shape index (κ3) is 3.28. The van der Waals surface area contributed by atoms with Gasteiger partial charge in [-0.3, -0.25) is 4.79 Å². The van der Waals surface area contributed by atoms with Gasteiger partial charge in [0.25, 0.3) is 0 Å². The molecule has 2 aromatic heterocycles. The van der Waals surface area contributed by atoms with Crippen LogP contribution in [0.25, 0.3) is 16.6 Å². The van der Waals surface area contributed by atoms with Crippen molar-refractivity contribution in [3.63, 3.8) is 0 Å². The number of nitrogens with zero attached hydrogens (tertiary/aromatic N) is 5. The van der Waals surface area contributed by atoms with Gasteiger partial charge in [-0.2, -0.15) is 0 Å². The van der Waals surface area contributed by atoms with Crippen LogP contribution in [0.15, 0.2) is 18.2 Å². The molecule has 148 valence electrons. The van der Waals surface area contributed by atoms with Crippen molar-refractivity contribution in [1.82, 2.24) is 19.6 Å². The molecular formula is C20H24ClN5O2. The number of piperidine rings is 1. The average Bonchev–Trinajstić information content (AvgIpc) is 3.13. The molecule has 0 saturated carbocycles. The van der Waals surface area contributed by atoms with Crippen LogP contribution < -0.4 is 4.90 Å². The molecule has 3 heterocycles. The predicted octanol–water partition coefficient (Wildman–Crippen LogP) is 3.83. The standard InChI is InChI=1S/C20H24ClN5O2/c1-4-28-19(27)13-7-9-25(10-8-13)20-22-16-11-14(21)5-6-15(16)18-24-23-17(12(2)3)26(18)20/h5-6,11-13H,4,7-10H2,1-3H3. The Morgan fingerprint density at radius 2 is 2.04 bits per heavy atom. The topological polar surface area (TPSA) is 72.6 Å². The zero-order chi connectivity index (χ0) is 19.8. The number of anilines is 1. The Hall–Kier alpha value is -2.41. The van der Waals surface area contributed by atoms with E-state index in [1.807, 2.05) is 29.5 Å². The highest BCUT2D eigenvalue weighted by Crippen LogP contribution is 2.30. The van der Waals surface area contributed by atoms with Gasteiger partial charge in [-0.15, -0.1) is 10.2 Å². The number of benzene rings is 1. The zero-order valence-electron chi connectivity index (χ0n) is 16.4. The maximum Gasteiger partial charge on any atom is 0.309 e. The van der Waals surface area contributed by atoms with Gasteiger partial charge in [-0.05, 0) is 38.0 Å². The third-order valence-corrected chi connectivity index (χ3v) is 5.46. The molecule has 0 bridgehead atoms. The molecule has 1 saturated heterocycles. The maximum atomic E-state index is 12.1. The molecule has 8 heteroatoms. The number of fused-ring (bicyclic) bond motifs is 3. The summed E-state index contributed by atoms with van der Waals surface area (Å²) in [5.74, 6) is 1.74. The summed E-state index contributed by atoms with van der Waals surface area (Å²) in [6.45, 7) is 7.91. The number of carbonyl (C=O) groups is 1. The van der Waals surface area contributed by atoms with Gasteiger partial charge in [-0.1, -0.05) is 25.4 Å². The molecule has 0 radical (unpaired) electrons. The summed E-state index contributed by atoms with van der Waals surface area (Å²) < 4.78 is 7.24. The van der Waals surface area contributed by atoms with Crippen LogP contribution in [0.5, 0.6) is 0 Å². The van der Waals surface area contributed by atoms with Crippen molar-refractivity contribution < 1.29 is 9.53 Å². The van der Waals surface area contributed by atoms with Gasteiger partial charge in [0.05, 0.1) is 18.0 Å². The monoisotopic (exact) mass is 401 g/mol. The van der Waals surface area contributed by atoms with Gasteiger partial charge in [0.2, 0.25) is 5.95 Å². The molecule has 3 aromatic rings. The molecule has 1 fully saturated rings. The molecule has 0 amide bonds. The fourth-order valence-corrected chi connectivity index (χ4v) is 3.94. The Morgan fingerprint density at radius 1 is 1.29 bits per heavy atom. The van der Waals surface area contributed by atoms with Crippen LogP contribution in [0.3, 0.4) is 0 Å². The van der Waals surface area contributed by atoms with Crippen LogP contribution in [0.4, 0.5) is 5.95 Å². The van der Waals surface area contributed by atoms with Gasteiger partial charge in [0.15, 0.2) is 5.65 Å². The number of esters is 1. The number of rotatable bonds is 4. The van der Waals surface area contributed by atoms with E-state index < -0.39 is 0 Å². The lowest BCUT2D eigenvalue weighted by Gasteiger charge is -2.32. The van der Waals surface area contributed by atoms with Gasteiger partial charge < -0.3 is 9.64 Å². The first-order chi connectivity index (χ1) is 13.5. The highest BCUT2D eigenvalue weighted by molar-refractivity contribution is 6.31. The summed E-state index contributed by atoms with van der Waals surface area (Å²) in [5, 5.41) is 10.4. The summed E-state index contributed by atoms with van der Waals surface area (Å²) in [4.78, 5) is 19.2. The second-order valence-electron chi connectivity index (χ2n) is 7.46. The van der Waals surface area contributed by atoms with Gasteiger partial charge in [-0.25, -0.2) is 9.38 Å². The molecule has 0 atom stereocenters. The first kappa shape index (κ1) is 18.9. The molecule has 1 aromatic carbocycles. The minimum absolute atomic E-state index is 0.0490. The normalized spacial score (nSPS) is 15.7. The molecule has 1 aliphatic heterocycles. The van der Waals surface area contributed by atoms with Crippen molar-refractivity contribution in [2.45, 2.75) is 39.5 Å². The molecular weight excluding hydrogens is 378 g/mol. The molecule has 0 unspecified atom stereocenters. The molecule has 28 heavy (non-hydrogen) atoms. The van der Waals surface area contributed by atoms with Crippen LogP contribution in [0, 0.1) is 5.92 Å². The summed E-state index contributed by atoms with van der Waals surface area (Å²) >= 11 is 6.20. The van der Waals surface area contributed by atoms with E-state index in [2.05, 4.69) is 28.9 Å². The lowest BCUT2D eigenvalue weighted by molar-refractivity contribution is -0.148. The molecule has 7 nitrogen and oxygen atoms in total. The van der Waals surface area contributed by atoms with Crippen molar-refractivity contribution >= 4 is 40.1 Å². The average molecular weight is 402 g/mol. The van der Waals surface area contributed by atoms with Crippen LogP contribution in [0.1, 0.15) is 45.4 Å². The number of carbonyl (C=O) groups excluding carboxylic acids is 1. The minimum Gasteiger partial charge on any atom is -0.466 e. The Morgan fingerprint density at radius 3 is 2.71 bits per heavy atom. The van der Waals surface area contributed by atoms with Crippen LogP contribution in [-0.2, 0) is 9.53 Å². The fraction of sp³-hybridized carbons (Fsp3) is 0.500. The van der Waals surface area contributed by atoms with Crippen LogP contribution >= 0.6 is 11.6 Å². The third-order valence-electron chi connectivity index (χ3n) is 5.22. The number of hydrogen-bond acceptors (Lipinski definition) is 6. The largest absolute Gasteiger partial charge is 0.466 e. The van der Waals surface area contributed by atoms with Crippen molar-refractivity contribution in [3.05, 3.63) is 29.0 Å². The fourth-order valence-electron chi connectivity index (χ4n) is 3.77. The Balaban J connectivity index is 1.77. The molecule has 0 spiro atoms. The molecule has 0 N–H and O–H groups in total. The predicted molar refractivity (Wildman–Crippen MR) is 109 cm³/mol. The van der Waals surface area contributed by atoms with E-state index in [1.165, 1.54) is 0 Å². The van der Waals surface area contributed by atoms with Gasteiger partial charge >= 0.3 is 5.97 Å². The first-order valence-electron chi connectivity index (χ1n) is 9.75. The Kier molecular flexibility index (Phi) is 5.10. The molecule has 0 aliphatic carbocycles. The molecule has 1 aliphatic rings. The number of ether oxygens (including phenoxy) is 1. The second-order valence-corrected chi connectivity index (χ2v) is 7.89. The Bertz CT molecular complexity index is 1020. The summed E-state index contributed by atoms with van der Waals surface area (Å²) in [5.41, 5.74) is 1.58. The van der Waals surface area contributed by atoms with Crippen molar-refractivity contribution in [1.29, 1.82) is 0 Å². The van der Waals surface area contributed by atoms with E-state index in [-0.39, 0.29) is 17.8 Å². The van der Waals surface area contributed by atoms with Crippen LogP contribution in [0.2, 0.25) is 5.02 Å². The highest BCUT2D eigenvalue weighted by Gasteiger charge is 2.29. The van der Waals surface area contributed by atoms with Crippen molar-refractivity contribution in [2.75, 3.05) is 24.6 Å². The number of hydrogen-bond donors (Lipinski definition) is 0. The first-order valence-corrected chi connectivity index (χ1v) is 10.1. The van der Waals surface area contributed by atoms with E-state index in [0.29, 0.717) is 11.6 Å². The van der Waals surface area contributed by atoms with Gasteiger partial charge in [0, 0.05) is 29.4 Å². The van der Waals surface area contributed by atoms with E-state index in [0.717, 1.165) is 54.3 Å². The molecule has 4 rings (SSSR count). The lowest BCUT2D eigenvalue weighted by Crippen LogP contribution is -2.38. The summed E-state index contributed by atoms with van der Waals surface area (Å²) in [7, 11) is 0. The number of halogens is 1. The lowest BCUT2D eigenvalue weighted by atomic mass is 9.97. The zero-order valence-corrected chi connectivity index (χ0v) is 17.1. The minimum atomic E-state index is -0.0993. The SMILES string of the molecule is CCOC(=O)C1CCN(c2nc3cc(Cl)ccc3c3nnc(C(C)C)n23)CC1. The summed E-state index contributed by atoms with van der Waals surface area (Å²) in [6, 6.07) is 5.64. The van der Waals surface area contributed by atoms with Crippen LogP contribution in [-0.4, -0.2) is 45.2 Å². The highest BCUT2D eigenvalue weighted by atomic mass is 35.5. The number of aromatic nitrogens is 4.